The molecule has 6 rings (SSSR count). The average molecular weight is 535 g/mol. The van der Waals surface area contributed by atoms with Gasteiger partial charge >= 0.3 is 0 Å². The molecular weight excluding hydrogens is 500 g/mol. The normalized spacial score (nSPS) is 17.2. The maximum atomic E-state index is 13.0. The van der Waals surface area contributed by atoms with Gasteiger partial charge in [-0.05, 0) is 54.1 Å². The molecule has 0 unspecified atom stereocenters. The topological polar surface area (TPSA) is 74.8 Å². The van der Waals surface area contributed by atoms with Crippen LogP contribution in [0.3, 0.4) is 0 Å². The Morgan fingerprint density at radius 1 is 1.00 bits per heavy atom. The Labute approximate surface area is 234 Å². The van der Waals surface area contributed by atoms with Crippen LogP contribution in [0.25, 0.3) is 10.9 Å². The molecule has 0 saturated carbocycles. The van der Waals surface area contributed by atoms with Crippen LogP contribution >= 0.6 is 0 Å². The highest BCUT2D eigenvalue weighted by molar-refractivity contribution is 5.99. The van der Waals surface area contributed by atoms with Crippen LogP contribution in [0.5, 0.6) is 5.75 Å². The van der Waals surface area contributed by atoms with Crippen molar-refractivity contribution in [3.63, 3.8) is 0 Å². The molecule has 1 fully saturated rings. The highest BCUT2D eigenvalue weighted by atomic mass is 16.5. The van der Waals surface area contributed by atoms with Gasteiger partial charge < -0.3 is 15.0 Å². The number of hydrogen-bond donors (Lipinski definition) is 1. The maximum Gasteiger partial charge on any atom is 0.252 e. The van der Waals surface area contributed by atoms with Crippen LogP contribution in [0.4, 0.5) is 0 Å². The second-order valence-electron chi connectivity index (χ2n) is 10.8. The van der Waals surface area contributed by atoms with Crippen LogP contribution in [-0.4, -0.2) is 52.8 Å². The number of piperidine rings is 1. The van der Waals surface area contributed by atoms with Crippen LogP contribution < -0.4 is 10.1 Å². The largest absolute Gasteiger partial charge is 0.490 e. The zero-order valence-corrected chi connectivity index (χ0v) is 22.8. The lowest BCUT2D eigenvalue weighted by Gasteiger charge is -2.33. The smallest absolute Gasteiger partial charge is 0.252 e. The summed E-state index contributed by atoms with van der Waals surface area (Å²) in [5, 5.41) is 4.14. The van der Waals surface area contributed by atoms with E-state index in [0.29, 0.717) is 25.1 Å². The predicted octanol–water partition coefficient (Wildman–Crippen LogP) is 5.11. The minimum atomic E-state index is -0.247. The number of benzene rings is 3. The quantitative estimate of drug-likeness (QED) is 0.340. The molecule has 1 N–H and O–H groups in total. The summed E-state index contributed by atoms with van der Waals surface area (Å²) in [4.78, 5) is 33.9. The number of carbonyl (C=O) groups excluding carboxylic acids is 2. The summed E-state index contributed by atoms with van der Waals surface area (Å²) in [6.45, 7) is 2.96. The molecule has 204 valence electrons. The Morgan fingerprint density at radius 2 is 1.82 bits per heavy atom. The Morgan fingerprint density at radius 3 is 2.70 bits per heavy atom. The molecule has 7 nitrogen and oxygen atoms in total. The van der Waals surface area contributed by atoms with Crippen molar-refractivity contribution in [2.24, 2.45) is 0 Å². The fourth-order valence-electron chi connectivity index (χ4n) is 5.88. The van der Waals surface area contributed by atoms with Gasteiger partial charge in [-0.1, -0.05) is 48.5 Å². The molecule has 0 aliphatic carbocycles. The Bertz CT molecular complexity index is 1520. The third kappa shape index (κ3) is 5.70. The molecule has 0 bridgehead atoms. The minimum absolute atomic E-state index is 0.0760. The van der Waals surface area contributed by atoms with Crippen molar-refractivity contribution in [1.82, 2.24) is 20.1 Å². The van der Waals surface area contributed by atoms with Crippen molar-refractivity contribution in [1.29, 1.82) is 0 Å². The molecule has 1 atom stereocenters. The van der Waals surface area contributed by atoms with E-state index in [9.17, 15) is 9.59 Å². The van der Waals surface area contributed by atoms with E-state index in [2.05, 4.69) is 52.6 Å². The standard InChI is InChI=1S/C33H34N4O3/c1-36(22-24-8-5-13-30-27(24)12-6-16-34-30)21-23-7-4-9-26(19-23)40-25-14-17-37(18-15-25)32(38)20-31-28-10-2-3-11-29(28)33(39)35-31/h2-13,16,19,25,31H,14-15,17-18,20-22H2,1H3,(H,35,39)/t31-/m0/s1. The van der Waals surface area contributed by atoms with Gasteiger partial charge in [-0.25, -0.2) is 0 Å². The molecule has 3 heterocycles. The molecule has 2 amide bonds. The van der Waals surface area contributed by atoms with Crippen molar-refractivity contribution in [2.45, 2.75) is 44.5 Å². The van der Waals surface area contributed by atoms with Crippen molar-refractivity contribution >= 4 is 22.7 Å². The second-order valence-corrected chi connectivity index (χ2v) is 10.8. The highest BCUT2D eigenvalue weighted by Crippen LogP contribution is 2.29. The molecular formula is C33H34N4O3. The number of hydrogen-bond acceptors (Lipinski definition) is 5. The molecule has 0 spiro atoms. The Kier molecular flexibility index (Phi) is 7.47. The van der Waals surface area contributed by atoms with Gasteiger partial charge in [0.2, 0.25) is 5.91 Å². The van der Waals surface area contributed by atoms with Crippen LogP contribution in [0.15, 0.2) is 85.1 Å². The summed E-state index contributed by atoms with van der Waals surface area (Å²) in [5.41, 5.74) is 5.07. The Balaban J connectivity index is 1.00. The van der Waals surface area contributed by atoms with Gasteiger partial charge in [0.15, 0.2) is 0 Å². The molecule has 3 aromatic carbocycles. The maximum absolute atomic E-state index is 13.0. The first-order valence-corrected chi connectivity index (χ1v) is 14.0. The minimum Gasteiger partial charge on any atom is -0.490 e. The SMILES string of the molecule is CN(Cc1cccc(OC2CCN(C(=O)C[C@@H]3NC(=O)c4ccccc43)CC2)c1)Cc1cccc2ncccc12. The van der Waals surface area contributed by atoms with Crippen molar-refractivity contribution in [3.8, 4) is 5.75 Å². The van der Waals surface area contributed by atoms with E-state index in [-0.39, 0.29) is 24.0 Å². The van der Waals surface area contributed by atoms with Gasteiger partial charge in [0.1, 0.15) is 11.9 Å². The molecule has 40 heavy (non-hydrogen) atoms. The summed E-state index contributed by atoms with van der Waals surface area (Å²) >= 11 is 0. The predicted molar refractivity (Wildman–Crippen MR) is 155 cm³/mol. The number of aromatic nitrogens is 1. The number of ether oxygens (including phenoxy) is 1. The van der Waals surface area contributed by atoms with Gasteiger partial charge in [-0.15, -0.1) is 0 Å². The fourth-order valence-corrected chi connectivity index (χ4v) is 5.88. The van der Waals surface area contributed by atoms with Crippen molar-refractivity contribution < 1.29 is 14.3 Å². The van der Waals surface area contributed by atoms with Gasteiger partial charge in [0, 0.05) is 56.2 Å². The molecule has 2 aliphatic heterocycles. The number of pyridine rings is 1. The van der Waals surface area contributed by atoms with E-state index >= 15 is 0 Å². The molecule has 2 aliphatic rings. The first-order chi connectivity index (χ1) is 19.5. The van der Waals surface area contributed by atoms with Crippen LogP contribution in [0.2, 0.25) is 0 Å². The number of nitrogens with zero attached hydrogens (tertiary/aromatic N) is 3. The number of nitrogens with one attached hydrogen (secondary N) is 1. The van der Waals surface area contributed by atoms with Crippen LogP contribution in [-0.2, 0) is 17.9 Å². The Hall–Kier alpha value is -4.23. The lowest BCUT2D eigenvalue weighted by atomic mass is 10.0. The number of carbonyl (C=O) groups is 2. The van der Waals surface area contributed by atoms with E-state index in [1.807, 2.05) is 59.6 Å². The number of amides is 2. The van der Waals surface area contributed by atoms with Crippen molar-refractivity contribution in [2.75, 3.05) is 20.1 Å². The molecule has 4 aromatic rings. The molecule has 7 heteroatoms. The summed E-state index contributed by atoms with van der Waals surface area (Å²) in [5.74, 6) is 0.850. The number of likely N-dealkylation sites (tertiary alicyclic amines) is 1. The first kappa shape index (κ1) is 26.0. The molecule has 1 aromatic heterocycles. The van der Waals surface area contributed by atoms with Crippen molar-refractivity contribution in [3.05, 3.63) is 107 Å². The zero-order chi connectivity index (χ0) is 27.5. The monoisotopic (exact) mass is 534 g/mol. The molecule has 0 radical (unpaired) electrons. The first-order valence-electron chi connectivity index (χ1n) is 14.0. The van der Waals surface area contributed by atoms with Gasteiger partial charge in [-0.2, -0.15) is 0 Å². The lowest BCUT2D eigenvalue weighted by Crippen LogP contribution is -2.42. The van der Waals surface area contributed by atoms with Crippen LogP contribution in [0.1, 0.15) is 52.4 Å². The van der Waals surface area contributed by atoms with Gasteiger partial charge in [-0.3, -0.25) is 19.5 Å². The zero-order valence-electron chi connectivity index (χ0n) is 22.8. The second kappa shape index (κ2) is 11.5. The number of fused-ring (bicyclic) bond motifs is 2. The van der Waals surface area contributed by atoms with Gasteiger partial charge in [0.05, 0.1) is 18.0 Å². The van der Waals surface area contributed by atoms with E-state index in [0.717, 1.165) is 42.8 Å². The lowest BCUT2D eigenvalue weighted by molar-refractivity contribution is -0.133. The van der Waals surface area contributed by atoms with E-state index < -0.39 is 0 Å². The van der Waals surface area contributed by atoms with Gasteiger partial charge in [0.25, 0.3) is 5.91 Å². The van der Waals surface area contributed by atoms with E-state index in [4.69, 9.17) is 4.74 Å². The molecule has 1 saturated heterocycles. The third-order valence-electron chi connectivity index (χ3n) is 7.89. The highest BCUT2D eigenvalue weighted by Gasteiger charge is 2.32. The summed E-state index contributed by atoms with van der Waals surface area (Å²) in [6, 6.07) is 26.0. The van der Waals surface area contributed by atoms with E-state index in [1.165, 1.54) is 16.5 Å². The van der Waals surface area contributed by atoms with Crippen LogP contribution in [0, 0.1) is 0 Å². The van der Waals surface area contributed by atoms with E-state index in [1.54, 1.807) is 0 Å². The third-order valence-corrected chi connectivity index (χ3v) is 7.89. The number of rotatable bonds is 8. The average Bonchev–Trinajstić information content (AvgIpc) is 3.28. The summed E-state index contributed by atoms with van der Waals surface area (Å²) in [6.07, 6.45) is 3.78. The summed E-state index contributed by atoms with van der Waals surface area (Å²) < 4.78 is 6.35. The fraction of sp³-hybridized carbons (Fsp3) is 0.303. The summed E-state index contributed by atoms with van der Waals surface area (Å²) in [7, 11) is 2.13.